The van der Waals surface area contributed by atoms with Crippen molar-refractivity contribution in [1.29, 1.82) is 0 Å². The molecule has 1 aromatic carbocycles. The van der Waals surface area contributed by atoms with E-state index in [1.54, 1.807) is 24.3 Å². The van der Waals surface area contributed by atoms with Gasteiger partial charge in [0.15, 0.2) is 17.3 Å². The maximum Gasteiger partial charge on any atom is 0.247 e. The van der Waals surface area contributed by atoms with Gasteiger partial charge in [-0.15, -0.1) is 10.2 Å². The van der Waals surface area contributed by atoms with Crippen LogP contribution in [-0.2, 0) is 22.7 Å². The number of carbonyl (C=O) groups is 2. The molecule has 0 radical (unpaired) electrons. The quantitative estimate of drug-likeness (QED) is 0.574. The van der Waals surface area contributed by atoms with Gasteiger partial charge in [0.2, 0.25) is 24.4 Å². The summed E-state index contributed by atoms with van der Waals surface area (Å²) < 4.78 is 16.3. The highest BCUT2D eigenvalue weighted by Gasteiger charge is 2.23. The van der Waals surface area contributed by atoms with Gasteiger partial charge in [0, 0.05) is 12.1 Å². The van der Waals surface area contributed by atoms with Crippen molar-refractivity contribution in [3.63, 3.8) is 0 Å². The van der Waals surface area contributed by atoms with Crippen molar-refractivity contribution < 1.29 is 23.5 Å². The minimum absolute atomic E-state index is 0.122. The average molecular weight is 454 g/mol. The average Bonchev–Trinajstić information content (AvgIpc) is 3.46. The Morgan fingerprint density at radius 1 is 1.15 bits per heavy atom. The molecule has 0 spiro atoms. The van der Waals surface area contributed by atoms with Crippen LogP contribution in [0.3, 0.4) is 0 Å². The zero-order chi connectivity index (χ0) is 23.6. The Bertz CT molecular complexity index is 1160. The lowest BCUT2D eigenvalue weighted by atomic mass is 10.1. The van der Waals surface area contributed by atoms with Gasteiger partial charge in [-0.05, 0) is 62.7 Å². The van der Waals surface area contributed by atoms with E-state index in [2.05, 4.69) is 20.7 Å². The molecule has 0 saturated heterocycles. The van der Waals surface area contributed by atoms with Crippen molar-refractivity contribution in [2.45, 2.75) is 46.3 Å². The first-order chi connectivity index (χ1) is 15.7. The summed E-state index contributed by atoms with van der Waals surface area (Å²) in [5, 5.41) is 15.0. The molecule has 1 N–H and O–H groups in total. The Morgan fingerprint density at radius 2 is 1.94 bits per heavy atom. The second kappa shape index (κ2) is 8.93. The number of aryl methyl sites for hydroxylation is 1. The summed E-state index contributed by atoms with van der Waals surface area (Å²) in [6, 6.07) is 8.95. The molecule has 1 aliphatic rings. The molecule has 0 fully saturated rings. The molecule has 0 bridgehead atoms. The van der Waals surface area contributed by atoms with E-state index in [0.29, 0.717) is 17.3 Å². The third-order valence-electron chi connectivity index (χ3n) is 4.70. The molecule has 174 valence electrons. The number of rotatable bonds is 7. The number of nitrogens with zero attached hydrogens (tertiary/aromatic N) is 5. The summed E-state index contributed by atoms with van der Waals surface area (Å²) in [6.45, 7) is 7.51. The van der Waals surface area contributed by atoms with Crippen molar-refractivity contribution >= 4 is 11.8 Å². The number of aromatic nitrogens is 4. The highest BCUT2D eigenvalue weighted by atomic mass is 16.7. The maximum atomic E-state index is 13.1. The van der Waals surface area contributed by atoms with Crippen LogP contribution < -0.4 is 14.8 Å². The van der Waals surface area contributed by atoms with Crippen molar-refractivity contribution in [3.8, 4) is 23.1 Å². The molecule has 0 atom stereocenters. The van der Waals surface area contributed by atoms with Crippen LogP contribution in [0.4, 0.5) is 0 Å². The van der Waals surface area contributed by atoms with E-state index in [4.69, 9.17) is 13.9 Å². The molecule has 11 nitrogen and oxygen atoms in total. The van der Waals surface area contributed by atoms with Gasteiger partial charge in [0.25, 0.3) is 0 Å². The van der Waals surface area contributed by atoms with Crippen LogP contribution >= 0.6 is 0 Å². The molecular weight excluding hydrogens is 428 g/mol. The number of ether oxygens (including phenoxy) is 2. The summed E-state index contributed by atoms with van der Waals surface area (Å²) >= 11 is 0. The summed E-state index contributed by atoms with van der Waals surface area (Å²) in [7, 11) is 0. The van der Waals surface area contributed by atoms with E-state index in [1.165, 1.54) is 9.70 Å². The van der Waals surface area contributed by atoms with Gasteiger partial charge in [-0.2, -0.15) is 4.80 Å². The van der Waals surface area contributed by atoms with Crippen molar-refractivity contribution in [2.24, 2.45) is 0 Å². The normalized spacial score (nSPS) is 12.6. The molecule has 1 aliphatic heterocycles. The van der Waals surface area contributed by atoms with E-state index in [0.717, 1.165) is 11.3 Å². The van der Waals surface area contributed by atoms with Gasteiger partial charge in [0.1, 0.15) is 12.3 Å². The molecule has 33 heavy (non-hydrogen) atoms. The third kappa shape index (κ3) is 5.68. The minimum atomic E-state index is -0.423. The molecular formula is C22H26N6O5. The SMILES string of the molecule is Cc1ccc(-c2nnn(CC(=O)N(CC(=O)NC(C)(C)C)Cc3ccc4c(c3)OCO4)n2)o1. The van der Waals surface area contributed by atoms with Gasteiger partial charge >= 0.3 is 0 Å². The standard InChI is InChI=1S/C22H26N6O5/c1-14-5-7-17(33-14)21-24-26-28(25-21)12-20(30)27(11-19(29)23-22(2,3)4)10-15-6-8-16-18(9-15)32-13-31-16/h5-9H,10-13H2,1-4H3,(H,23,29). The number of carbonyl (C=O) groups excluding carboxylic acids is 2. The van der Waals surface area contributed by atoms with Crippen LogP contribution in [0.2, 0.25) is 0 Å². The number of hydrogen-bond acceptors (Lipinski definition) is 8. The number of benzene rings is 1. The van der Waals surface area contributed by atoms with E-state index in [1.807, 2.05) is 33.8 Å². The fraction of sp³-hybridized carbons (Fsp3) is 0.409. The molecule has 3 aromatic rings. The fourth-order valence-electron chi connectivity index (χ4n) is 3.31. The first kappa shape index (κ1) is 22.3. The summed E-state index contributed by atoms with van der Waals surface area (Å²) in [4.78, 5) is 28.3. The number of nitrogens with one attached hydrogen (secondary N) is 1. The largest absolute Gasteiger partial charge is 0.458 e. The first-order valence-electron chi connectivity index (χ1n) is 10.5. The van der Waals surface area contributed by atoms with Crippen molar-refractivity contribution in [3.05, 3.63) is 41.7 Å². The van der Waals surface area contributed by atoms with Crippen LogP contribution in [0.25, 0.3) is 11.6 Å². The van der Waals surface area contributed by atoms with E-state index in [-0.39, 0.29) is 44.1 Å². The van der Waals surface area contributed by atoms with Crippen molar-refractivity contribution in [2.75, 3.05) is 13.3 Å². The summed E-state index contributed by atoms with van der Waals surface area (Å²) in [6.07, 6.45) is 0. The van der Waals surface area contributed by atoms with E-state index in [9.17, 15) is 9.59 Å². The highest BCUT2D eigenvalue weighted by molar-refractivity contribution is 5.85. The van der Waals surface area contributed by atoms with Gasteiger partial charge in [-0.3, -0.25) is 9.59 Å². The molecule has 11 heteroatoms. The molecule has 0 aliphatic carbocycles. The lowest BCUT2D eigenvalue weighted by Gasteiger charge is -2.26. The van der Waals surface area contributed by atoms with Gasteiger partial charge in [0.05, 0.1) is 6.54 Å². The lowest BCUT2D eigenvalue weighted by molar-refractivity contribution is -0.138. The first-order valence-corrected chi connectivity index (χ1v) is 10.5. The van der Waals surface area contributed by atoms with Gasteiger partial charge in [-0.1, -0.05) is 6.07 Å². The Kier molecular flexibility index (Phi) is 6.03. The topological polar surface area (TPSA) is 125 Å². The van der Waals surface area contributed by atoms with Crippen LogP contribution in [0, 0.1) is 6.92 Å². The van der Waals surface area contributed by atoms with E-state index >= 15 is 0 Å². The Morgan fingerprint density at radius 3 is 2.67 bits per heavy atom. The second-order valence-electron chi connectivity index (χ2n) is 8.79. The van der Waals surface area contributed by atoms with Crippen LogP contribution in [0.5, 0.6) is 11.5 Å². The number of fused-ring (bicyclic) bond motifs is 1. The lowest BCUT2D eigenvalue weighted by Crippen LogP contribution is -2.47. The molecule has 2 amide bonds. The number of furan rings is 1. The Hall–Kier alpha value is -3.89. The molecule has 4 rings (SSSR count). The summed E-state index contributed by atoms with van der Waals surface area (Å²) in [5.41, 5.74) is 0.378. The van der Waals surface area contributed by atoms with Crippen LogP contribution in [-0.4, -0.2) is 55.8 Å². The number of amides is 2. The molecule has 2 aromatic heterocycles. The van der Waals surface area contributed by atoms with Crippen molar-refractivity contribution in [1.82, 2.24) is 30.4 Å². The molecule has 0 saturated carbocycles. The number of tetrazole rings is 1. The second-order valence-corrected chi connectivity index (χ2v) is 8.79. The Labute approximate surface area is 190 Å². The van der Waals surface area contributed by atoms with Crippen LogP contribution in [0.15, 0.2) is 34.7 Å². The zero-order valence-electron chi connectivity index (χ0n) is 19.0. The van der Waals surface area contributed by atoms with Crippen LogP contribution in [0.1, 0.15) is 32.1 Å². The molecule has 0 unspecified atom stereocenters. The predicted molar refractivity (Wildman–Crippen MR) is 116 cm³/mol. The molecule has 3 heterocycles. The minimum Gasteiger partial charge on any atom is -0.458 e. The Balaban J connectivity index is 1.49. The summed E-state index contributed by atoms with van der Waals surface area (Å²) in [5.74, 6) is 2.12. The third-order valence-corrected chi connectivity index (χ3v) is 4.70. The zero-order valence-corrected chi connectivity index (χ0v) is 19.0. The van der Waals surface area contributed by atoms with E-state index < -0.39 is 5.54 Å². The predicted octanol–water partition coefficient (Wildman–Crippen LogP) is 1.91. The number of hydrogen-bond donors (Lipinski definition) is 1. The fourth-order valence-corrected chi connectivity index (χ4v) is 3.31. The van der Waals surface area contributed by atoms with Gasteiger partial charge in [-0.25, -0.2) is 0 Å². The monoisotopic (exact) mass is 454 g/mol. The highest BCUT2D eigenvalue weighted by Crippen LogP contribution is 2.32. The smallest absolute Gasteiger partial charge is 0.247 e. The maximum absolute atomic E-state index is 13.1. The van der Waals surface area contributed by atoms with Gasteiger partial charge < -0.3 is 24.1 Å².